The minimum absolute atomic E-state index is 0. The number of methoxy groups -OCH3 is 3. The van der Waals surface area contributed by atoms with E-state index in [1.165, 1.54) is 7.11 Å². The van der Waals surface area contributed by atoms with Gasteiger partial charge in [-0.1, -0.05) is 42.5 Å². The summed E-state index contributed by atoms with van der Waals surface area (Å²) < 4.78 is 23.1. The van der Waals surface area contributed by atoms with Gasteiger partial charge in [-0.15, -0.1) is 0 Å². The van der Waals surface area contributed by atoms with Gasteiger partial charge < -0.3 is 35.3 Å². The fourth-order valence-corrected chi connectivity index (χ4v) is 5.42. The van der Waals surface area contributed by atoms with E-state index in [4.69, 9.17) is 18.9 Å². The first-order valence-corrected chi connectivity index (χ1v) is 10.5. The summed E-state index contributed by atoms with van der Waals surface area (Å²) in [5, 5.41) is 23.7. The standard InChI is InChI=1S/C26H26O6.H2N.Rb/c1-29-18-11-9-17(10-12-18)26-20(16-7-5-4-6-8-16)15-23(27)25(26,28)24-21(31-3)13-19(30-2)14-22(24)32-26;;/h4-14,20,23,27-28H,15H2,1-3H3;1H2;/q;-1;+1/t20?,23-,25?,26?;;/m1../s1. The van der Waals surface area contributed by atoms with E-state index in [1.54, 1.807) is 26.4 Å². The van der Waals surface area contributed by atoms with Crippen molar-refractivity contribution in [1.82, 2.24) is 0 Å². The van der Waals surface area contributed by atoms with Crippen LogP contribution in [-0.4, -0.2) is 37.6 Å². The predicted molar refractivity (Wildman–Crippen MR) is 124 cm³/mol. The summed E-state index contributed by atoms with van der Waals surface area (Å²) in [7, 11) is 4.70. The third-order valence-corrected chi connectivity index (χ3v) is 6.87. The van der Waals surface area contributed by atoms with Gasteiger partial charge in [0.15, 0.2) is 11.2 Å². The first-order valence-electron chi connectivity index (χ1n) is 10.5. The van der Waals surface area contributed by atoms with Gasteiger partial charge in [-0.2, -0.15) is 0 Å². The van der Waals surface area contributed by atoms with Gasteiger partial charge >= 0.3 is 58.2 Å². The van der Waals surface area contributed by atoms with Gasteiger partial charge in [0, 0.05) is 18.1 Å². The smallest absolute Gasteiger partial charge is 0.693 e. The molecule has 0 saturated heterocycles. The van der Waals surface area contributed by atoms with E-state index in [0.29, 0.717) is 35.0 Å². The van der Waals surface area contributed by atoms with E-state index in [2.05, 4.69) is 0 Å². The predicted octanol–water partition coefficient (Wildman–Crippen LogP) is 1.46. The molecule has 4 N–H and O–H groups in total. The molecule has 1 heterocycles. The van der Waals surface area contributed by atoms with Crippen LogP contribution in [0.25, 0.3) is 6.15 Å². The Kier molecular flexibility index (Phi) is 8.19. The number of aliphatic hydroxyl groups is 2. The largest absolute Gasteiger partial charge is 1.00 e. The second-order valence-electron chi connectivity index (χ2n) is 8.25. The van der Waals surface area contributed by atoms with Crippen LogP contribution in [-0.2, 0) is 11.2 Å². The van der Waals surface area contributed by atoms with Crippen molar-refractivity contribution in [3.8, 4) is 23.0 Å². The number of aliphatic hydroxyl groups excluding tert-OH is 1. The quantitative estimate of drug-likeness (QED) is 0.512. The van der Waals surface area contributed by atoms with Crippen LogP contribution in [0, 0.1) is 0 Å². The van der Waals surface area contributed by atoms with Crippen LogP contribution < -0.4 is 77.1 Å². The van der Waals surface area contributed by atoms with Crippen molar-refractivity contribution >= 4 is 0 Å². The molecule has 2 aliphatic rings. The van der Waals surface area contributed by atoms with Crippen molar-refractivity contribution < 1.29 is 87.3 Å². The number of hydrogen-bond donors (Lipinski definition) is 2. The van der Waals surface area contributed by atoms with E-state index in [9.17, 15) is 10.2 Å². The Balaban J connectivity index is 0.00000162. The molecular formula is C26H28NO6Rb. The second-order valence-corrected chi connectivity index (χ2v) is 8.25. The molecule has 1 aliphatic heterocycles. The van der Waals surface area contributed by atoms with Gasteiger partial charge in [-0.25, -0.2) is 0 Å². The maximum Gasteiger partial charge on any atom is 1.00 e. The summed E-state index contributed by atoms with van der Waals surface area (Å²) in [4.78, 5) is 0. The zero-order valence-corrected chi connectivity index (χ0v) is 24.7. The van der Waals surface area contributed by atoms with Gasteiger partial charge in [0.1, 0.15) is 23.0 Å². The Morgan fingerprint density at radius 2 is 1.53 bits per heavy atom. The minimum Gasteiger partial charge on any atom is -0.693 e. The van der Waals surface area contributed by atoms with Crippen LogP contribution in [0.15, 0.2) is 66.7 Å². The maximum atomic E-state index is 12.4. The van der Waals surface area contributed by atoms with Crippen LogP contribution in [0.4, 0.5) is 0 Å². The fourth-order valence-electron chi connectivity index (χ4n) is 5.42. The van der Waals surface area contributed by atoms with Crippen LogP contribution >= 0.6 is 0 Å². The summed E-state index contributed by atoms with van der Waals surface area (Å²) >= 11 is 0. The first kappa shape index (κ1) is 27.1. The number of rotatable bonds is 5. The molecule has 7 nitrogen and oxygen atoms in total. The molecule has 0 spiro atoms. The van der Waals surface area contributed by atoms with E-state index in [1.807, 2.05) is 54.6 Å². The van der Waals surface area contributed by atoms with Crippen LogP contribution in [0.1, 0.15) is 29.0 Å². The minimum atomic E-state index is -1.74. The molecule has 1 fully saturated rings. The molecule has 4 atom stereocenters. The first-order chi connectivity index (χ1) is 15.5. The van der Waals surface area contributed by atoms with Gasteiger partial charge in [0.2, 0.25) is 0 Å². The Morgan fingerprint density at radius 3 is 2.12 bits per heavy atom. The third kappa shape index (κ3) is 3.73. The number of hydrogen-bond acceptors (Lipinski definition) is 6. The Hall–Kier alpha value is -1.45. The average molecular weight is 536 g/mol. The van der Waals surface area contributed by atoms with Gasteiger partial charge in [0.05, 0.1) is 33.0 Å². The second kappa shape index (κ2) is 10.3. The topological polar surface area (TPSA) is 111 Å². The summed E-state index contributed by atoms with van der Waals surface area (Å²) in [6.07, 6.45) is -0.764. The molecule has 1 aliphatic carbocycles. The van der Waals surface area contributed by atoms with Crippen LogP contribution in [0.2, 0.25) is 0 Å². The Labute approximate surface area is 248 Å². The van der Waals surface area contributed by atoms with E-state index < -0.39 is 17.3 Å². The normalized spacial score (nSPS) is 26.3. The number of ether oxygens (including phenoxy) is 4. The van der Waals surface area contributed by atoms with E-state index in [-0.39, 0.29) is 70.3 Å². The molecule has 0 aromatic heterocycles. The maximum absolute atomic E-state index is 12.4. The SMILES string of the molecule is COc1ccc(C23Oc4cc(OC)cc(OC)c4C2(O)[C@H](O)CC3c2ccccc2)cc1.[NH2-].[Rb+]. The average Bonchev–Trinajstić information content (AvgIpc) is 3.24. The summed E-state index contributed by atoms with van der Waals surface area (Å²) in [5.74, 6) is 1.75. The van der Waals surface area contributed by atoms with Gasteiger partial charge in [0.25, 0.3) is 0 Å². The van der Waals surface area contributed by atoms with Crippen molar-refractivity contribution in [1.29, 1.82) is 0 Å². The Bertz CT molecular complexity index is 1140. The monoisotopic (exact) mass is 535 g/mol. The molecule has 0 radical (unpaired) electrons. The molecule has 34 heavy (non-hydrogen) atoms. The van der Waals surface area contributed by atoms with Gasteiger partial charge in [-0.3, -0.25) is 0 Å². The number of nitrogens with two attached hydrogens (primary N) is 1. The molecule has 0 amide bonds. The van der Waals surface area contributed by atoms with Crippen LogP contribution in [0.5, 0.6) is 23.0 Å². The van der Waals surface area contributed by atoms with Crippen molar-refractivity contribution in [3.05, 3.63) is 89.6 Å². The van der Waals surface area contributed by atoms with Gasteiger partial charge in [-0.05, 0) is 29.7 Å². The van der Waals surface area contributed by atoms with Crippen molar-refractivity contribution in [2.24, 2.45) is 0 Å². The molecule has 3 unspecified atom stereocenters. The zero-order chi connectivity index (χ0) is 22.5. The number of benzene rings is 3. The molecule has 8 heteroatoms. The summed E-state index contributed by atoms with van der Waals surface area (Å²) in [5.41, 5.74) is -0.875. The van der Waals surface area contributed by atoms with E-state index >= 15 is 0 Å². The summed E-state index contributed by atoms with van der Waals surface area (Å²) in [6, 6.07) is 20.7. The molecular weight excluding hydrogens is 508 g/mol. The van der Waals surface area contributed by atoms with Crippen molar-refractivity contribution in [3.63, 3.8) is 0 Å². The fraction of sp³-hybridized carbons (Fsp3) is 0.308. The number of fused-ring (bicyclic) bond motifs is 3. The molecule has 5 rings (SSSR count). The molecule has 3 aromatic carbocycles. The molecule has 174 valence electrons. The van der Waals surface area contributed by atoms with Crippen molar-refractivity contribution in [2.45, 2.75) is 29.6 Å². The molecule has 3 aromatic rings. The molecule has 0 bridgehead atoms. The Morgan fingerprint density at radius 1 is 0.882 bits per heavy atom. The zero-order valence-electron chi connectivity index (χ0n) is 19.8. The molecule has 1 saturated carbocycles. The van der Waals surface area contributed by atoms with E-state index in [0.717, 1.165) is 11.1 Å². The third-order valence-electron chi connectivity index (χ3n) is 6.87. The van der Waals surface area contributed by atoms with Crippen molar-refractivity contribution in [2.75, 3.05) is 21.3 Å². The van der Waals surface area contributed by atoms with Crippen LogP contribution in [0.3, 0.4) is 0 Å². The summed E-state index contributed by atoms with van der Waals surface area (Å²) in [6.45, 7) is 0.